The quantitative estimate of drug-likeness (QED) is 0.353. The molecule has 0 spiro atoms. The smallest absolute Gasteiger partial charge is 0.408 e. The van der Waals surface area contributed by atoms with Gasteiger partial charge in [0.1, 0.15) is 23.4 Å². The number of ether oxygens (including phenoxy) is 2. The van der Waals surface area contributed by atoms with Crippen molar-refractivity contribution in [1.29, 1.82) is 5.26 Å². The number of aromatic nitrogens is 2. The number of amides is 2. The van der Waals surface area contributed by atoms with Crippen molar-refractivity contribution in [2.75, 3.05) is 31.1 Å². The van der Waals surface area contributed by atoms with Crippen molar-refractivity contribution in [3.8, 4) is 11.8 Å². The van der Waals surface area contributed by atoms with E-state index in [0.717, 1.165) is 55.9 Å². The lowest BCUT2D eigenvalue weighted by Gasteiger charge is -2.33. The predicted molar refractivity (Wildman–Crippen MR) is 166 cm³/mol. The highest BCUT2D eigenvalue weighted by molar-refractivity contribution is 5.86. The van der Waals surface area contributed by atoms with E-state index in [1.807, 2.05) is 24.3 Å². The number of alkyl carbamates (subject to hydrolysis) is 1. The highest BCUT2D eigenvalue weighted by Crippen LogP contribution is 2.30. The van der Waals surface area contributed by atoms with Gasteiger partial charge in [-0.3, -0.25) is 4.79 Å². The van der Waals surface area contributed by atoms with Crippen LogP contribution in [-0.2, 0) is 16.0 Å². The van der Waals surface area contributed by atoms with Crippen molar-refractivity contribution < 1.29 is 23.6 Å². The van der Waals surface area contributed by atoms with Crippen molar-refractivity contribution >= 4 is 18.0 Å². The van der Waals surface area contributed by atoms with Gasteiger partial charge >= 0.3 is 12.1 Å². The van der Waals surface area contributed by atoms with Crippen LogP contribution < -0.4 is 15.0 Å². The van der Waals surface area contributed by atoms with Gasteiger partial charge in [0.2, 0.25) is 5.91 Å². The Bertz CT molecular complexity index is 1270. The molecule has 0 radical (unpaired) electrons. The van der Waals surface area contributed by atoms with Crippen LogP contribution in [0.25, 0.3) is 0 Å². The number of anilines is 1. The summed E-state index contributed by atoms with van der Waals surface area (Å²) in [6.07, 6.45) is 4.16. The standard InChI is InChI=1S/C33H48N6O5/c1-22(2)29-36-31(44-37-29)38-17-13-25(14-18-38)23(3)15-19-42-27-11-9-24(10-12-27)20-28(35-32(41)43-33(4,5)6)30(40)39-16-7-8-26(39)21-34/h9-12,22-23,25-26,28H,7-8,13-20H2,1-6H3,(H,35,41)/t23?,26?,28-/m0/s1. The second kappa shape index (κ2) is 14.8. The highest BCUT2D eigenvalue weighted by Gasteiger charge is 2.35. The lowest BCUT2D eigenvalue weighted by molar-refractivity contribution is -0.133. The average molecular weight is 609 g/mol. The molecule has 2 amide bonds. The van der Waals surface area contributed by atoms with E-state index >= 15 is 0 Å². The van der Waals surface area contributed by atoms with Gasteiger partial charge in [0.05, 0.1) is 12.7 Å². The van der Waals surface area contributed by atoms with E-state index < -0.39 is 23.8 Å². The molecular formula is C33H48N6O5. The number of rotatable bonds is 11. The summed E-state index contributed by atoms with van der Waals surface area (Å²) in [5, 5.41) is 16.3. The Labute approximate surface area is 261 Å². The normalized spacial score (nSPS) is 19.0. The number of hydrogen-bond acceptors (Lipinski definition) is 9. The number of benzene rings is 1. The third-order valence-electron chi connectivity index (χ3n) is 8.44. The topological polar surface area (TPSA) is 134 Å². The molecule has 1 N–H and O–H groups in total. The zero-order valence-corrected chi connectivity index (χ0v) is 27.0. The van der Waals surface area contributed by atoms with Crippen molar-refractivity contribution in [3.63, 3.8) is 0 Å². The zero-order chi connectivity index (χ0) is 31.9. The molecule has 11 nitrogen and oxygen atoms in total. The van der Waals surface area contributed by atoms with E-state index in [1.54, 1.807) is 25.7 Å². The second-order valence-electron chi connectivity index (χ2n) is 13.4. The van der Waals surface area contributed by atoms with Crippen LogP contribution in [0.2, 0.25) is 0 Å². The molecule has 2 fully saturated rings. The van der Waals surface area contributed by atoms with Crippen LogP contribution in [0.1, 0.15) is 91.0 Å². The molecule has 2 aliphatic heterocycles. The van der Waals surface area contributed by atoms with Crippen LogP contribution in [0.5, 0.6) is 5.75 Å². The van der Waals surface area contributed by atoms with Gasteiger partial charge in [-0.05, 0) is 82.4 Å². The number of nitrogens with zero attached hydrogens (tertiary/aromatic N) is 5. The Kier molecular flexibility index (Phi) is 11.1. The van der Waals surface area contributed by atoms with E-state index in [0.29, 0.717) is 37.4 Å². The van der Waals surface area contributed by atoms with Gasteiger partial charge in [-0.25, -0.2) is 4.79 Å². The highest BCUT2D eigenvalue weighted by atomic mass is 16.6. The molecule has 1 aromatic heterocycles. The van der Waals surface area contributed by atoms with Crippen LogP contribution in [0, 0.1) is 23.2 Å². The number of likely N-dealkylation sites (tertiary alicyclic amines) is 1. The van der Waals surface area contributed by atoms with E-state index in [-0.39, 0.29) is 18.2 Å². The molecule has 0 aliphatic carbocycles. The molecule has 0 saturated carbocycles. The van der Waals surface area contributed by atoms with Gasteiger partial charge in [-0.15, -0.1) is 0 Å². The molecule has 11 heteroatoms. The summed E-state index contributed by atoms with van der Waals surface area (Å²) in [5.41, 5.74) is 0.183. The summed E-state index contributed by atoms with van der Waals surface area (Å²) in [7, 11) is 0. The third-order valence-corrected chi connectivity index (χ3v) is 8.44. The second-order valence-corrected chi connectivity index (χ2v) is 13.4. The maximum absolute atomic E-state index is 13.4. The Morgan fingerprint density at radius 1 is 1.11 bits per heavy atom. The molecule has 2 saturated heterocycles. The minimum Gasteiger partial charge on any atom is -0.494 e. The molecule has 0 bridgehead atoms. The monoisotopic (exact) mass is 608 g/mol. The number of piperidine rings is 1. The number of hydrogen-bond donors (Lipinski definition) is 1. The van der Waals surface area contributed by atoms with Gasteiger partial charge in [0, 0.05) is 32.0 Å². The minimum absolute atomic E-state index is 0.251. The molecule has 4 rings (SSSR count). The van der Waals surface area contributed by atoms with E-state index in [2.05, 4.69) is 47.2 Å². The Morgan fingerprint density at radius 2 is 1.82 bits per heavy atom. The first-order valence-corrected chi connectivity index (χ1v) is 15.9. The Balaban J connectivity index is 1.26. The van der Waals surface area contributed by atoms with Crippen molar-refractivity contribution in [2.24, 2.45) is 11.8 Å². The first kappa shape index (κ1) is 33.1. The molecule has 3 atom stereocenters. The summed E-state index contributed by atoms with van der Waals surface area (Å²) < 4.78 is 17.0. The van der Waals surface area contributed by atoms with Crippen molar-refractivity contribution in [1.82, 2.24) is 20.4 Å². The lowest BCUT2D eigenvalue weighted by Crippen LogP contribution is -2.51. The Morgan fingerprint density at radius 3 is 2.43 bits per heavy atom. The SMILES string of the molecule is CC(C)c1noc(N2CCC(C(C)CCOc3ccc(C[C@H](NC(=O)OC(C)(C)C)C(=O)N4CCCC4C#N)cc3)CC2)n1. The van der Waals surface area contributed by atoms with Crippen molar-refractivity contribution in [2.45, 2.75) is 104 Å². The number of carbonyl (C=O) groups is 2. The van der Waals surface area contributed by atoms with Gasteiger partial charge in [-0.2, -0.15) is 10.2 Å². The summed E-state index contributed by atoms with van der Waals surface area (Å²) in [6, 6.07) is 9.16. The predicted octanol–water partition coefficient (Wildman–Crippen LogP) is 5.46. The maximum Gasteiger partial charge on any atom is 0.408 e. The fourth-order valence-corrected chi connectivity index (χ4v) is 5.82. The van der Waals surface area contributed by atoms with Gasteiger partial charge in [0.15, 0.2) is 5.82 Å². The summed E-state index contributed by atoms with van der Waals surface area (Å²) in [5.74, 6) is 2.65. The largest absolute Gasteiger partial charge is 0.494 e. The molecule has 3 heterocycles. The van der Waals surface area contributed by atoms with Gasteiger partial charge in [-0.1, -0.05) is 38.1 Å². The van der Waals surface area contributed by atoms with Crippen molar-refractivity contribution in [3.05, 3.63) is 35.7 Å². The maximum atomic E-state index is 13.4. The minimum atomic E-state index is -0.838. The number of nitrogens with one attached hydrogen (secondary N) is 1. The zero-order valence-electron chi connectivity index (χ0n) is 27.0. The third kappa shape index (κ3) is 9.10. The molecule has 240 valence electrons. The Hall–Kier alpha value is -3.81. The van der Waals surface area contributed by atoms with Crippen LogP contribution in [0.3, 0.4) is 0 Å². The fourth-order valence-electron chi connectivity index (χ4n) is 5.82. The van der Waals surface area contributed by atoms with Crippen LogP contribution in [0.4, 0.5) is 10.8 Å². The van der Waals surface area contributed by atoms with Crippen LogP contribution >= 0.6 is 0 Å². The first-order valence-electron chi connectivity index (χ1n) is 15.9. The molecule has 1 aromatic carbocycles. The van der Waals surface area contributed by atoms with Crippen LogP contribution in [0.15, 0.2) is 28.8 Å². The molecule has 2 aliphatic rings. The van der Waals surface area contributed by atoms with Gasteiger partial charge in [0.25, 0.3) is 0 Å². The molecule has 2 unspecified atom stereocenters. The summed E-state index contributed by atoms with van der Waals surface area (Å²) >= 11 is 0. The molecule has 44 heavy (non-hydrogen) atoms. The molecular weight excluding hydrogens is 560 g/mol. The molecule has 2 aromatic rings. The van der Waals surface area contributed by atoms with Gasteiger partial charge < -0.3 is 29.1 Å². The number of nitriles is 1. The summed E-state index contributed by atoms with van der Waals surface area (Å²) in [6.45, 7) is 14.7. The fraction of sp³-hybridized carbons (Fsp3) is 0.667. The van der Waals surface area contributed by atoms with E-state index in [1.165, 1.54) is 0 Å². The van der Waals surface area contributed by atoms with Crippen LogP contribution in [-0.4, -0.2) is 71.0 Å². The summed E-state index contributed by atoms with van der Waals surface area (Å²) in [4.78, 5) is 34.3. The number of carbonyl (C=O) groups excluding carboxylic acids is 2. The van der Waals surface area contributed by atoms with E-state index in [4.69, 9.17) is 14.0 Å². The van der Waals surface area contributed by atoms with E-state index in [9.17, 15) is 14.9 Å². The lowest BCUT2D eigenvalue weighted by atomic mass is 9.84. The first-order chi connectivity index (χ1) is 20.9. The average Bonchev–Trinajstić information content (AvgIpc) is 3.67.